The Morgan fingerprint density at radius 2 is 1.12 bits per heavy atom. The molecule has 0 radical (unpaired) electrons. The van der Waals surface area contributed by atoms with Crippen LogP contribution in [0, 0.1) is 0 Å². The van der Waals surface area contributed by atoms with Crippen molar-refractivity contribution in [2.75, 3.05) is 26.4 Å². The highest BCUT2D eigenvalue weighted by atomic mass is 31.2. The Labute approximate surface area is 299 Å². The molecule has 0 heterocycles. The third kappa shape index (κ3) is 35.8. The molecule has 0 rings (SSSR count). The molecule has 49 heavy (non-hydrogen) atoms. The Morgan fingerprint density at radius 1 is 0.633 bits per heavy atom. The number of hydrogen-bond acceptors (Lipinski definition) is 8. The monoisotopic (exact) mass is 713 g/mol. The minimum atomic E-state index is -4.37. The molecule has 2 atom stereocenters. The van der Waals surface area contributed by atoms with Gasteiger partial charge in [0, 0.05) is 19.4 Å². The van der Waals surface area contributed by atoms with E-state index in [-0.39, 0.29) is 38.6 Å². The number of nitrogens with two attached hydrogens (primary N) is 1. The van der Waals surface area contributed by atoms with Crippen LogP contribution in [0.3, 0.4) is 0 Å². The van der Waals surface area contributed by atoms with Gasteiger partial charge >= 0.3 is 19.8 Å². The lowest BCUT2D eigenvalue weighted by atomic mass is 10.0. The normalized spacial score (nSPS) is 13.8. The van der Waals surface area contributed by atoms with E-state index in [0.717, 1.165) is 70.6 Å². The van der Waals surface area contributed by atoms with Gasteiger partial charge in [-0.3, -0.25) is 18.6 Å². The zero-order chi connectivity index (χ0) is 36.1. The maximum absolute atomic E-state index is 12.5. The van der Waals surface area contributed by atoms with E-state index in [0.29, 0.717) is 6.42 Å². The van der Waals surface area contributed by atoms with Crippen LogP contribution in [0.2, 0.25) is 0 Å². The number of phosphoric acid groups is 1. The van der Waals surface area contributed by atoms with E-state index in [2.05, 4.69) is 50.3 Å². The molecule has 0 aliphatic rings. The number of allylic oxidation sites excluding steroid dienone is 6. The average molecular weight is 714 g/mol. The number of ether oxygens (including phenoxy) is 2. The number of rotatable bonds is 36. The second-order valence-corrected chi connectivity index (χ2v) is 14.2. The van der Waals surface area contributed by atoms with Crippen LogP contribution in [0.15, 0.2) is 36.5 Å². The quantitative estimate of drug-likeness (QED) is 0.0281. The van der Waals surface area contributed by atoms with Gasteiger partial charge in [0.2, 0.25) is 0 Å². The fourth-order valence-corrected chi connectivity index (χ4v) is 5.94. The van der Waals surface area contributed by atoms with Crippen molar-refractivity contribution in [3.05, 3.63) is 36.5 Å². The molecule has 286 valence electrons. The summed E-state index contributed by atoms with van der Waals surface area (Å²) in [6.45, 7) is 3.59. The lowest BCUT2D eigenvalue weighted by Crippen LogP contribution is -2.29. The van der Waals surface area contributed by atoms with E-state index >= 15 is 0 Å². The molecule has 0 amide bonds. The van der Waals surface area contributed by atoms with Crippen molar-refractivity contribution in [2.45, 2.75) is 174 Å². The maximum atomic E-state index is 12.5. The first kappa shape index (κ1) is 47.2. The molecule has 0 aliphatic heterocycles. The molecule has 0 aromatic heterocycles. The minimum Gasteiger partial charge on any atom is -0.462 e. The van der Waals surface area contributed by atoms with Crippen LogP contribution < -0.4 is 5.73 Å². The van der Waals surface area contributed by atoms with Crippen molar-refractivity contribution < 1.29 is 37.6 Å². The van der Waals surface area contributed by atoms with Crippen molar-refractivity contribution in [3.63, 3.8) is 0 Å². The molecule has 0 aromatic carbocycles. The summed E-state index contributed by atoms with van der Waals surface area (Å²) in [6, 6.07) is 0. The number of esters is 2. The molecule has 0 fully saturated rings. The van der Waals surface area contributed by atoms with Gasteiger partial charge in [0.05, 0.1) is 13.2 Å². The largest absolute Gasteiger partial charge is 0.472 e. The van der Waals surface area contributed by atoms with E-state index in [1.54, 1.807) is 0 Å². The fraction of sp³-hybridized carbons (Fsp3) is 0.795. The average Bonchev–Trinajstić information content (AvgIpc) is 3.08. The third-order valence-electron chi connectivity index (χ3n) is 8.04. The smallest absolute Gasteiger partial charge is 0.462 e. The summed E-state index contributed by atoms with van der Waals surface area (Å²) in [5.41, 5.74) is 5.33. The van der Waals surface area contributed by atoms with Gasteiger partial charge in [-0.2, -0.15) is 0 Å². The number of carbonyl (C=O) groups is 2. The maximum Gasteiger partial charge on any atom is 0.472 e. The number of hydrogen-bond donors (Lipinski definition) is 2. The van der Waals surface area contributed by atoms with Gasteiger partial charge in [0.15, 0.2) is 6.10 Å². The van der Waals surface area contributed by atoms with Crippen LogP contribution in [-0.4, -0.2) is 49.3 Å². The predicted molar refractivity (Wildman–Crippen MR) is 201 cm³/mol. The highest BCUT2D eigenvalue weighted by Gasteiger charge is 2.25. The highest BCUT2D eigenvalue weighted by molar-refractivity contribution is 7.47. The van der Waals surface area contributed by atoms with E-state index in [9.17, 15) is 19.0 Å². The summed E-state index contributed by atoms with van der Waals surface area (Å²) in [7, 11) is -4.37. The van der Waals surface area contributed by atoms with Gasteiger partial charge in [0.1, 0.15) is 6.61 Å². The highest BCUT2D eigenvalue weighted by Crippen LogP contribution is 2.43. The second kappa shape index (κ2) is 36.0. The van der Waals surface area contributed by atoms with E-state index in [1.165, 1.54) is 64.2 Å². The first-order valence-corrected chi connectivity index (χ1v) is 21.0. The number of unbranched alkanes of at least 4 members (excludes halogenated alkanes) is 17. The number of carbonyl (C=O) groups excluding carboxylic acids is 2. The lowest BCUT2D eigenvalue weighted by molar-refractivity contribution is -0.161. The standard InChI is InChI=1S/C39H72NO8P/c1-3-5-7-9-11-13-15-17-18-20-22-24-26-28-30-32-39(42)48-37(36-47-49(43,44)46-34-33-40)35-45-38(41)31-29-27-25-23-21-19-16-14-12-10-8-6-4-2/h5,7,11,13,17-18,37H,3-4,6,8-10,12,14-16,19-36,40H2,1-2H3,(H,43,44)/b7-5-,13-11-,18-17-/t37-/m0/s1. The minimum absolute atomic E-state index is 0.0505. The van der Waals surface area contributed by atoms with Gasteiger partial charge in [-0.1, -0.05) is 147 Å². The Hall–Kier alpha value is -1.77. The molecule has 0 aliphatic carbocycles. The summed E-state index contributed by atoms with van der Waals surface area (Å²) < 4.78 is 32.6. The van der Waals surface area contributed by atoms with Crippen LogP contribution in [0.25, 0.3) is 0 Å². The lowest BCUT2D eigenvalue weighted by Gasteiger charge is -2.19. The third-order valence-corrected chi connectivity index (χ3v) is 9.02. The van der Waals surface area contributed by atoms with Gasteiger partial charge in [-0.25, -0.2) is 4.57 Å². The molecule has 10 heteroatoms. The van der Waals surface area contributed by atoms with Crippen LogP contribution in [0.4, 0.5) is 0 Å². The first-order chi connectivity index (χ1) is 23.8. The van der Waals surface area contributed by atoms with Crippen molar-refractivity contribution >= 4 is 19.8 Å². The summed E-state index contributed by atoms with van der Waals surface area (Å²) in [6.07, 6.45) is 37.4. The number of phosphoric ester groups is 1. The van der Waals surface area contributed by atoms with Gasteiger partial charge in [0.25, 0.3) is 0 Å². The Bertz CT molecular complexity index is 907. The SMILES string of the molecule is CC/C=C\C/C=C\C/C=C\CCCCCCCC(=O)O[C@@H](COC(=O)CCCCCCCCCCCCCCC)COP(=O)(O)OCCN. The Kier molecular flexibility index (Phi) is 34.7. The molecule has 0 saturated carbocycles. The van der Waals surface area contributed by atoms with Gasteiger partial charge in [-0.05, 0) is 44.9 Å². The Balaban J connectivity index is 4.24. The molecule has 3 N–H and O–H groups in total. The molecule has 1 unspecified atom stereocenters. The predicted octanol–water partition coefficient (Wildman–Crippen LogP) is 10.6. The summed E-state index contributed by atoms with van der Waals surface area (Å²) >= 11 is 0. The fourth-order valence-electron chi connectivity index (χ4n) is 5.18. The molecule has 0 aromatic rings. The summed E-state index contributed by atoms with van der Waals surface area (Å²) in [5.74, 6) is -0.847. The van der Waals surface area contributed by atoms with Crippen LogP contribution in [0.5, 0.6) is 0 Å². The molecule has 0 saturated heterocycles. The van der Waals surface area contributed by atoms with Crippen molar-refractivity contribution in [2.24, 2.45) is 5.73 Å². The Morgan fingerprint density at radius 3 is 1.67 bits per heavy atom. The van der Waals surface area contributed by atoms with E-state index in [4.69, 9.17) is 24.3 Å². The second-order valence-electron chi connectivity index (χ2n) is 12.8. The zero-order valence-electron chi connectivity index (χ0n) is 31.2. The van der Waals surface area contributed by atoms with Crippen LogP contribution in [0.1, 0.15) is 168 Å². The van der Waals surface area contributed by atoms with Gasteiger partial charge < -0.3 is 20.1 Å². The van der Waals surface area contributed by atoms with E-state index < -0.39 is 26.5 Å². The first-order valence-electron chi connectivity index (χ1n) is 19.5. The molecular weight excluding hydrogens is 641 g/mol. The molecule has 0 bridgehead atoms. The van der Waals surface area contributed by atoms with Crippen LogP contribution >= 0.6 is 7.82 Å². The van der Waals surface area contributed by atoms with Gasteiger partial charge in [-0.15, -0.1) is 0 Å². The molecule has 0 spiro atoms. The van der Waals surface area contributed by atoms with Crippen molar-refractivity contribution in [1.29, 1.82) is 0 Å². The van der Waals surface area contributed by atoms with Crippen LogP contribution in [-0.2, 0) is 32.7 Å². The van der Waals surface area contributed by atoms with Crippen molar-refractivity contribution in [3.8, 4) is 0 Å². The molecular formula is C39H72NO8P. The zero-order valence-corrected chi connectivity index (χ0v) is 32.1. The summed E-state index contributed by atoms with van der Waals surface area (Å²) in [5, 5.41) is 0. The topological polar surface area (TPSA) is 134 Å². The van der Waals surface area contributed by atoms with Crippen molar-refractivity contribution in [1.82, 2.24) is 0 Å². The summed E-state index contributed by atoms with van der Waals surface area (Å²) in [4.78, 5) is 34.7. The molecule has 9 nitrogen and oxygen atoms in total. The van der Waals surface area contributed by atoms with E-state index in [1.807, 2.05) is 0 Å².